The Labute approximate surface area is 143 Å². The number of rotatable bonds is 7. The third-order valence-corrected chi connectivity index (χ3v) is 3.85. The second-order valence-corrected chi connectivity index (χ2v) is 5.63. The van der Waals surface area contributed by atoms with Gasteiger partial charge in [0, 0.05) is 32.3 Å². The van der Waals surface area contributed by atoms with Gasteiger partial charge in [-0.05, 0) is 18.2 Å². The summed E-state index contributed by atoms with van der Waals surface area (Å²) >= 11 is 0. The van der Waals surface area contributed by atoms with Crippen molar-refractivity contribution in [1.29, 1.82) is 0 Å². The van der Waals surface area contributed by atoms with Gasteiger partial charge in [-0.15, -0.1) is 0 Å². The molecule has 9 heteroatoms. The maximum Gasteiger partial charge on any atom is 0.335 e. The van der Waals surface area contributed by atoms with Crippen LogP contribution in [0, 0.1) is 5.92 Å². The highest BCUT2D eigenvalue weighted by Crippen LogP contribution is 2.21. The quantitative estimate of drug-likeness (QED) is 0.652. The molecule has 1 fully saturated rings. The van der Waals surface area contributed by atoms with E-state index in [0.29, 0.717) is 13.2 Å². The Balaban J connectivity index is 2.11. The van der Waals surface area contributed by atoms with Gasteiger partial charge >= 0.3 is 11.9 Å². The van der Waals surface area contributed by atoms with Gasteiger partial charge in [0.05, 0.1) is 23.7 Å². The number of carboxylic acid groups (broad SMARTS) is 2. The van der Waals surface area contributed by atoms with Gasteiger partial charge in [0.2, 0.25) is 11.8 Å². The molecule has 134 valence electrons. The Bertz CT molecular complexity index is 684. The third-order valence-electron chi connectivity index (χ3n) is 3.85. The molecule has 0 radical (unpaired) electrons. The minimum absolute atomic E-state index is 0.0416. The van der Waals surface area contributed by atoms with Gasteiger partial charge in [-0.2, -0.15) is 0 Å². The van der Waals surface area contributed by atoms with Gasteiger partial charge < -0.3 is 25.2 Å². The number of carbonyl (C=O) groups is 4. The first kappa shape index (κ1) is 18.4. The number of nitrogens with zero attached hydrogens (tertiary/aromatic N) is 1. The molecule has 2 rings (SSSR count). The number of methoxy groups -OCH3 is 1. The van der Waals surface area contributed by atoms with Crippen molar-refractivity contribution in [1.82, 2.24) is 4.90 Å². The van der Waals surface area contributed by atoms with E-state index in [4.69, 9.17) is 14.9 Å². The molecule has 1 aliphatic rings. The summed E-state index contributed by atoms with van der Waals surface area (Å²) in [6, 6.07) is 3.35. The SMILES string of the molecule is COCCN1CC(C(=O)Nc2cc(C(=O)O)cc(C(=O)O)c2)CC1=O. The summed E-state index contributed by atoms with van der Waals surface area (Å²) in [4.78, 5) is 47.9. The lowest BCUT2D eigenvalue weighted by atomic mass is 10.1. The van der Waals surface area contributed by atoms with Crippen molar-refractivity contribution in [3.63, 3.8) is 0 Å². The summed E-state index contributed by atoms with van der Waals surface area (Å²) in [6.07, 6.45) is 0.0416. The zero-order valence-electron chi connectivity index (χ0n) is 13.5. The van der Waals surface area contributed by atoms with Crippen LogP contribution in [-0.2, 0) is 14.3 Å². The average molecular weight is 350 g/mol. The van der Waals surface area contributed by atoms with Gasteiger partial charge in [0.15, 0.2) is 0 Å². The number of hydrogen-bond acceptors (Lipinski definition) is 5. The van der Waals surface area contributed by atoms with E-state index >= 15 is 0 Å². The molecule has 25 heavy (non-hydrogen) atoms. The van der Waals surface area contributed by atoms with Crippen LogP contribution in [0.25, 0.3) is 0 Å². The summed E-state index contributed by atoms with van der Waals surface area (Å²) in [5.41, 5.74) is -0.441. The van der Waals surface area contributed by atoms with Gasteiger partial charge in [-0.25, -0.2) is 9.59 Å². The molecule has 9 nitrogen and oxygen atoms in total. The summed E-state index contributed by atoms with van der Waals surface area (Å²) in [5, 5.41) is 20.6. The first-order valence-corrected chi connectivity index (χ1v) is 7.51. The van der Waals surface area contributed by atoms with Crippen LogP contribution in [0.5, 0.6) is 0 Å². The molecular formula is C16H18N2O7. The maximum absolute atomic E-state index is 12.3. The summed E-state index contributed by atoms with van der Waals surface area (Å²) in [6.45, 7) is 0.984. The van der Waals surface area contributed by atoms with Crippen molar-refractivity contribution < 1.29 is 34.1 Å². The van der Waals surface area contributed by atoms with Crippen LogP contribution in [0.3, 0.4) is 0 Å². The summed E-state index contributed by atoms with van der Waals surface area (Å²) < 4.78 is 4.91. The van der Waals surface area contributed by atoms with Crippen molar-refractivity contribution in [3.8, 4) is 0 Å². The number of benzene rings is 1. The molecule has 1 saturated heterocycles. The molecule has 1 aromatic rings. The second-order valence-electron chi connectivity index (χ2n) is 5.63. The van der Waals surface area contributed by atoms with Crippen LogP contribution < -0.4 is 5.32 Å². The zero-order valence-corrected chi connectivity index (χ0v) is 13.5. The first-order valence-electron chi connectivity index (χ1n) is 7.51. The number of aromatic carboxylic acids is 2. The fourth-order valence-corrected chi connectivity index (χ4v) is 2.56. The number of carbonyl (C=O) groups excluding carboxylic acids is 2. The van der Waals surface area contributed by atoms with Crippen molar-refractivity contribution in [2.24, 2.45) is 5.92 Å². The number of nitrogens with one attached hydrogen (secondary N) is 1. The van der Waals surface area contributed by atoms with Crippen LogP contribution >= 0.6 is 0 Å². The third kappa shape index (κ3) is 4.54. The van der Waals surface area contributed by atoms with E-state index < -0.39 is 23.8 Å². The molecule has 2 amide bonds. The number of anilines is 1. The topological polar surface area (TPSA) is 133 Å². The van der Waals surface area contributed by atoms with Gasteiger partial charge in [-0.1, -0.05) is 0 Å². The fourth-order valence-electron chi connectivity index (χ4n) is 2.56. The van der Waals surface area contributed by atoms with E-state index in [1.165, 1.54) is 24.1 Å². The summed E-state index contributed by atoms with van der Waals surface area (Å²) in [5.74, 6) is -3.83. The van der Waals surface area contributed by atoms with Crippen LogP contribution in [0.15, 0.2) is 18.2 Å². The molecule has 0 spiro atoms. The Morgan fingerprint density at radius 3 is 2.32 bits per heavy atom. The van der Waals surface area contributed by atoms with E-state index in [0.717, 1.165) is 6.07 Å². The second kappa shape index (κ2) is 7.75. The lowest BCUT2D eigenvalue weighted by Crippen LogP contribution is -2.30. The lowest BCUT2D eigenvalue weighted by molar-refractivity contribution is -0.128. The molecule has 1 unspecified atom stereocenters. The zero-order chi connectivity index (χ0) is 18.6. The Morgan fingerprint density at radius 1 is 1.20 bits per heavy atom. The van der Waals surface area contributed by atoms with E-state index in [-0.39, 0.29) is 35.7 Å². The van der Waals surface area contributed by atoms with Crippen LogP contribution in [-0.4, -0.2) is 65.7 Å². The highest BCUT2D eigenvalue weighted by molar-refractivity contribution is 6.00. The van der Waals surface area contributed by atoms with Crippen molar-refractivity contribution in [2.45, 2.75) is 6.42 Å². The monoisotopic (exact) mass is 350 g/mol. The Morgan fingerprint density at radius 2 is 1.80 bits per heavy atom. The molecule has 1 aliphatic heterocycles. The number of ether oxygens (including phenoxy) is 1. The average Bonchev–Trinajstić information content (AvgIpc) is 2.93. The largest absolute Gasteiger partial charge is 0.478 e. The Kier molecular flexibility index (Phi) is 5.71. The van der Waals surface area contributed by atoms with E-state index in [1.54, 1.807) is 0 Å². The van der Waals surface area contributed by atoms with Crippen LogP contribution in [0.4, 0.5) is 5.69 Å². The highest BCUT2D eigenvalue weighted by atomic mass is 16.5. The molecular weight excluding hydrogens is 332 g/mol. The summed E-state index contributed by atoms with van der Waals surface area (Å²) in [7, 11) is 1.51. The van der Waals surface area contributed by atoms with E-state index in [9.17, 15) is 19.2 Å². The molecule has 1 heterocycles. The van der Waals surface area contributed by atoms with E-state index in [2.05, 4.69) is 5.32 Å². The van der Waals surface area contributed by atoms with Gasteiger partial charge in [0.1, 0.15) is 0 Å². The lowest BCUT2D eigenvalue weighted by Gasteiger charge is -2.16. The first-order chi connectivity index (χ1) is 11.8. The number of amides is 2. The van der Waals surface area contributed by atoms with Crippen molar-refractivity contribution >= 4 is 29.4 Å². The predicted octanol–water partition coefficient (Wildman–Crippen LogP) is 0.516. The van der Waals surface area contributed by atoms with Crippen molar-refractivity contribution in [2.75, 3.05) is 32.1 Å². The molecule has 0 aromatic heterocycles. The molecule has 1 atom stereocenters. The molecule has 1 aromatic carbocycles. The molecule has 3 N–H and O–H groups in total. The predicted molar refractivity (Wildman–Crippen MR) is 85.6 cm³/mol. The molecule has 0 aliphatic carbocycles. The van der Waals surface area contributed by atoms with Crippen molar-refractivity contribution in [3.05, 3.63) is 29.3 Å². The van der Waals surface area contributed by atoms with Gasteiger partial charge in [0.25, 0.3) is 0 Å². The minimum atomic E-state index is -1.31. The Hall–Kier alpha value is -2.94. The molecule has 0 saturated carbocycles. The fraction of sp³-hybridized carbons (Fsp3) is 0.375. The van der Waals surface area contributed by atoms with Gasteiger partial charge in [-0.3, -0.25) is 9.59 Å². The number of carboxylic acids is 2. The number of hydrogen-bond donors (Lipinski definition) is 3. The maximum atomic E-state index is 12.3. The number of likely N-dealkylation sites (tertiary alicyclic amines) is 1. The minimum Gasteiger partial charge on any atom is -0.478 e. The van der Waals surface area contributed by atoms with Crippen LogP contribution in [0.1, 0.15) is 27.1 Å². The standard InChI is InChI=1S/C16H18N2O7/c1-25-3-2-18-8-11(7-13(18)19)14(20)17-12-5-9(15(21)22)4-10(6-12)16(23)24/h4-6,11H,2-3,7-8H2,1H3,(H,17,20)(H,21,22)(H,23,24). The smallest absolute Gasteiger partial charge is 0.335 e. The van der Waals surface area contributed by atoms with Crippen LogP contribution in [0.2, 0.25) is 0 Å². The van der Waals surface area contributed by atoms with E-state index in [1.807, 2.05) is 0 Å². The highest BCUT2D eigenvalue weighted by Gasteiger charge is 2.34. The molecule has 0 bridgehead atoms. The normalized spacial score (nSPS) is 16.8.